The van der Waals surface area contributed by atoms with E-state index in [1.165, 1.54) is 193 Å². The summed E-state index contributed by atoms with van der Waals surface area (Å²) in [6.07, 6.45) is 55.7. The summed E-state index contributed by atoms with van der Waals surface area (Å²) < 4.78 is 28.6. The maximum absolute atomic E-state index is 13.2. The van der Waals surface area contributed by atoms with Gasteiger partial charge in [-0.25, -0.2) is 4.79 Å². The molecule has 1 aliphatic heterocycles. The summed E-state index contributed by atoms with van der Waals surface area (Å²) in [5, 5.41) is 31.6. The van der Waals surface area contributed by atoms with Crippen molar-refractivity contribution in [1.29, 1.82) is 0 Å². The minimum atomic E-state index is -1.90. The number of carbonyl (C=O) groups is 4. The molecule has 0 aromatic heterocycles. The standard InChI is InChI=1S/C69H126O12/c1-4-7-10-13-16-19-22-25-27-29-31-33-35-38-40-43-46-49-52-55-61(70)77-58-60(79-62(71)56-53-50-47-44-41-37-24-21-18-15-12-9-6-3)59-78-69-67(65(74)64(73)66(81-69)68(75)76)80-63(72)57-54-51-48-45-42-39-36-34-32-30-28-26-23-20-17-14-11-8-5-2/h21,24,26,28,60,64-67,69,73-74H,4-20,22-23,25,27,29-59H2,1-3H3,(H,75,76)/b24-21-,28-26-. The van der Waals surface area contributed by atoms with Gasteiger partial charge in [0.2, 0.25) is 0 Å². The van der Waals surface area contributed by atoms with E-state index in [2.05, 4.69) is 45.1 Å². The Morgan fingerprint density at radius 2 is 0.704 bits per heavy atom. The molecule has 0 bridgehead atoms. The van der Waals surface area contributed by atoms with E-state index in [1.54, 1.807) is 0 Å². The number of carboxylic acids is 1. The van der Waals surface area contributed by atoms with E-state index >= 15 is 0 Å². The highest BCUT2D eigenvalue weighted by atomic mass is 16.7. The van der Waals surface area contributed by atoms with Crippen LogP contribution in [0.25, 0.3) is 0 Å². The average Bonchev–Trinajstić information content (AvgIpc) is 3.54. The third kappa shape index (κ3) is 47.2. The van der Waals surface area contributed by atoms with E-state index < -0.39 is 67.3 Å². The number of hydrogen-bond acceptors (Lipinski definition) is 11. The number of esters is 3. The van der Waals surface area contributed by atoms with Crippen LogP contribution in [0.15, 0.2) is 24.3 Å². The molecule has 6 atom stereocenters. The number of aliphatic hydroxyl groups is 2. The van der Waals surface area contributed by atoms with Crippen molar-refractivity contribution in [1.82, 2.24) is 0 Å². The first kappa shape index (κ1) is 76.2. The van der Waals surface area contributed by atoms with Crippen LogP contribution in [0.1, 0.15) is 342 Å². The second-order valence-electron chi connectivity index (χ2n) is 23.8. The number of carboxylic acid groups (broad SMARTS) is 1. The Morgan fingerprint density at radius 3 is 1.06 bits per heavy atom. The van der Waals surface area contributed by atoms with Crippen LogP contribution in [0.4, 0.5) is 0 Å². The van der Waals surface area contributed by atoms with Gasteiger partial charge in [0.15, 0.2) is 24.6 Å². The molecule has 1 fully saturated rings. The first-order valence-corrected chi connectivity index (χ1v) is 34.3. The molecule has 0 spiro atoms. The predicted octanol–water partition coefficient (Wildman–Crippen LogP) is 18.6. The van der Waals surface area contributed by atoms with Gasteiger partial charge in [0, 0.05) is 19.3 Å². The zero-order valence-electron chi connectivity index (χ0n) is 52.6. The number of unbranched alkanes of at least 4 members (excludes halogenated alkanes) is 42. The summed E-state index contributed by atoms with van der Waals surface area (Å²) in [6.45, 7) is 6.03. The van der Waals surface area contributed by atoms with Gasteiger partial charge in [0.25, 0.3) is 0 Å². The lowest BCUT2D eigenvalue weighted by atomic mass is 9.98. The molecule has 1 rings (SSSR count). The van der Waals surface area contributed by atoms with Crippen molar-refractivity contribution in [2.75, 3.05) is 13.2 Å². The normalized spacial score (nSPS) is 17.8. The quantitative estimate of drug-likeness (QED) is 0.0228. The lowest BCUT2D eigenvalue weighted by molar-refractivity contribution is -0.301. The van der Waals surface area contributed by atoms with Crippen molar-refractivity contribution >= 4 is 23.9 Å². The van der Waals surface area contributed by atoms with Crippen LogP contribution in [-0.2, 0) is 42.9 Å². The van der Waals surface area contributed by atoms with Gasteiger partial charge in [-0.1, -0.05) is 276 Å². The molecule has 0 aromatic rings. The van der Waals surface area contributed by atoms with Crippen molar-refractivity contribution < 1.29 is 58.2 Å². The number of ether oxygens (including phenoxy) is 5. The first-order valence-electron chi connectivity index (χ1n) is 34.3. The zero-order chi connectivity index (χ0) is 58.9. The smallest absolute Gasteiger partial charge is 0.335 e. The lowest BCUT2D eigenvalue weighted by Gasteiger charge is -2.40. The highest BCUT2D eigenvalue weighted by Gasteiger charge is 2.50. The van der Waals surface area contributed by atoms with Gasteiger partial charge < -0.3 is 39.0 Å². The molecule has 6 unspecified atom stereocenters. The zero-order valence-corrected chi connectivity index (χ0v) is 52.6. The van der Waals surface area contributed by atoms with Crippen LogP contribution in [0.5, 0.6) is 0 Å². The Labute approximate surface area is 496 Å². The fourth-order valence-electron chi connectivity index (χ4n) is 10.7. The van der Waals surface area contributed by atoms with E-state index in [1.807, 2.05) is 0 Å². The predicted molar refractivity (Wildman–Crippen MR) is 331 cm³/mol. The maximum Gasteiger partial charge on any atom is 0.335 e. The molecule has 0 aromatic carbocycles. The second-order valence-corrected chi connectivity index (χ2v) is 23.8. The minimum Gasteiger partial charge on any atom is -0.479 e. The van der Waals surface area contributed by atoms with Gasteiger partial charge >= 0.3 is 23.9 Å². The molecule has 12 nitrogen and oxygen atoms in total. The van der Waals surface area contributed by atoms with Crippen LogP contribution >= 0.6 is 0 Å². The Morgan fingerprint density at radius 1 is 0.395 bits per heavy atom. The minimum absolute atomic E-state index is 0.0622. The molecule has 1 aliphatic rings. The van der Waals surface area contributed by atoms with Gasteiger partial charge in [-0.15, -0.1) is 0 Å². The van der Waals surface area contributed by atoms with Crippen molar-refractivity contribution in [2.45, 2.75) is 379 Å². The molecule has 1 heterocycles. The second kappa shape index (κ2) is 57.6. The van der Waals surface area contributed by atoms with Gasteiger partial charge in [-0.05, 0) is 70.6 Å². The van der Waals surface area contributed by atoms with Crippen molar-refractivity contribution in [3.8, 4) is 0 Å². The van der Waals surface area contributed by atoms with Crippen LogP contribution in [-0.4, -0.2) is 89.2 Å². The number of carbonyl (C=O) groups excluding carboxylic acids is 3. The first-order chi connectivity index (χ1) is 39.6. The summed E-state index contributed by atoms with van der Waals surface area (Å²) in [7, 11) is 0. The van der Waals surface area contributed by atoms with E-state index in [0.29, 0.717) is 19.3 Å². The number of hydrogen-bond donors (Lipinski definition) is 3. The third-order valence-corrected chi connectivity index (χ3v) is 16.0. The summed E-state index contributed by atoms with van der Waals surface area (Å²) in [6, 6.07) is 0. The Balaban J connectivity index is 2.60. The maximum atomic E-state index is 13.2. The van der Waals surface area contributed by atoms with Crippen molar-refractivity contribution in [3.05, 3.63) is 24.3 Å². The van der Waals surface area contributed by atoms with Crippen molar-refractivity contribution in [2.24, 2.45) is 0 Å². The molecule has 3 N–H and O–H groups in total. The number of aliphatic hydroxyl groups excluding tert-OH is 2. The highest BCUT2D eigenvalue weighted by Crippen LogP contribution is 2.27. The monoisotopic (exact) mass is 1150 g/mol. The highest BCUT2D eigenvalue weighted by molar-refractivity contribution is 5.74. The summed E-state index contributed by atoms with van der Waals surface area (Å²) in [5.74, 6) is -3.09. The lowest BCUT2D eigenvalue weighted by Crippen LogP contribution is -2.61. The number of rotatable bonds is 60. The van der Waals surface area contributed by atoms with Crippen molar-refractivity contribution in [3.63, 3.8) is 0 Å². The fourth-order valence-corrected chi connectivity index (χ4v) is 10.7. The molecule has 0 saturated carbocycles. The van der Waals surface area contributed by atoms with Gasteiger partial charge in [0.1, 0.15) is 18.8 Å². The van der Waals surface area contributed by atoms with Crippen LogP contribution < -0.4 is 0 Å². The van der Waals surface area contributed by atoms with Gasteiger partial charge in [0.05, 0.1) is 6.61 Å². The fraction of sp³-hybridized carbons (Fsp3) is 0.884. The molecule has 474 valence electrons. The molecule has 12 heteroatoms. The Bertz CT molecular complexity index is 1500. The molecule has 1 saturated heterocycles. The van der Waals surface area contributed by atoms with E-state index in [4.69, 9.17) is 23.7 Å². The summed E-state index contributed by atoms with van der Waals surface area (Å²) in [5.41, 5.74) is 0. The Hall–Kier alpha value is -2.80. The summed E-state index contributed by atoms with van der Waals surface area (Å²) >= 11 is 0. The van der Waals surface area contributed by atoms with Gasteiger partial charge in [-0.2, -0.15) is 0 Å². The summed E-state index contributed by atoms with van der Waals surface area (Å²) in [4.78, 5) is 51.4. The number of aliphatic carboxylic acids is 1. The van der Waals surface area contributed by atoms with E-state index in [0.717, 1.165) is 89.9 Å². The molecule has 0 aliphatic carbocycles. The van der Waals surface area contributed by atoms with Crippen LogP contribution in [0, 0.1) is 0 Å². The third-order valence-electron chi connectivity index (χ3n) is 16.0. The molecular formula is C69H126O12. The average molecular weight is 1150 g/mol. The number of allylic oxidation sites excluding steroid dienone is 4. The van der Waals surface area contributed by atoms with E-state index in [-0.39, 0.29) is 25.9 Å². The molecular weight excluding hydrogens is 1020 g/mol. The molecule has 0 amide bonds. The molecule has 0 radical (unpaired) electrons. The van der Waals surface area contributed by atoms with Gasteiger partial charge in [-0.3, -0.25) is 14.4 Å². The Kier molecular flexibility index (Phi) is 54.2. The van der Waals surface area contributed by atoms with Crippen LogP contribution in [0.3, 0.4) is 0 Å². The molecule has 81 heavy (non-hydrogen) atoms. The topological polar surface area (TPSA) is 175 Å². The SMILES string of the molecule is CCCCCC/C=C\CCCCCCCC(=O)OC(COC(=O)CCCCCCCCCCCCCCCCCCCCC)COC1OC(C(=O)O)C(O)C(O)C1OC(=O)CCCCCCCCCCC/C=C\CCCCCCCC. The van der Waals surface area contributed by atoms with E-state index in [9.17, 15) is 34.5 Å². The largest absolute Gasteiger partial charge is 0.479 e. The van der Waals surface area contributed by atoms with Crippen LogP contribution in [0.2, 0.25) is 0 Å².